The SMILES string of the molecule is [CH2-]CN(C[CH2-])Cc1cc(C#Cc2ccc(NC(=S)NCCCCCC(=O)NC(CCCCNC(=O)CCCCC3SCC4NC(=O)NC43)C(=O)O)cc2)cc(CN(C[CH2-])C[CH2-])n1. The Kier molecular flexibility index (Phi) is 22.3. The Hall–Kier alpha value is -4.43. The predicted molar refractivity (Wildman–Crippen MR) is 252 cm³/mol. The van der Waals surface area contributed by atoms with Gasteiger partial charge in [-0.2, -0.15) is 11.8 Å². The van der Waals surface area contributed by atoms with Crippen molar-refractivity contribution in [2.24, 2.45) is 0 Å². The number of aromatic nitrogens is 1. The van der Waals surface area contributed by atoms with E-state index in [0.29, 0.717) is 94.8 Å². The van der Waals surface area contributed by atoms with Gasteiger partial charge in [-0.05, 0) is 93.6 Å². The number of unbranched alkanes of at least 4 members (excludes halogenated alkanes) is 4. The molecular formula is C46H65N9O5S2-4. The van der Waals surface area contributed by atoms with Crippen LogP contribution >= 0.6 is 24.0 Å². The van der Waals surface area contributed by atoms with E-state index in [1.165, 1.54) is 0 Å². The lowest BCUT2D eigenvalue weighted by atomic mass is 10.0. The number of hydrogen-bond donors (Lipinski definition) is 7. The molecular weight excluding hydrogens is 823 g/mol. The van der Waals surface area contributed by atoms with Crippen LogP contribution < -0.4 is 31.9 Å². The zero-order valence-corrected chi connectivity index (χ0v) is 37.6. The molecule has 0 radical (unpaired) electrons. The highest BCUT2D eigenvalue weighted by atomic mass is 32.2. The number of carbonyl (C=O) groups excluding carboxylic acids is 3. The summed E-state index contributed by atoms with van der Waals surface area (Å²) in [6.45, 7) is 20.9. The number of aliphatic carboxylic acids is 1. The molecule has 4 amide bonds. The van der Waals surface area contributed by atoms with Crippen LogP contribution in [0.4, 0.5) is 10.5 Å². The van der Waals surface area contributed by atoms with Crippen molar-refractivity contribution in [3.05, 3.63) is 86.6 Å². The Morgan fingerprint density at radius 3 is 2.10 bits per heavy atom. The molecule has 2 saturated heterocycles. The van der Waals surface area contributed by atoms with Crippen molar-refractivity contribution in [3.63, 3.8) is 0 Å². The van der Waals surface area contributed by atoms with Gasteiger partial charge in [0.1, 0.15) is 6.04 Å². The van der Waals surface area contributed by atoms with E-state index in [2.05, 4.69) is 81.2 Å². The molecule has 2 aliphatic rings. The molecule has 340 valence electrons. The lowest BCUT2D eigenvalue weighted by Crippen LogP contribution is -2.40. The largest absolute Gasteiger partial charge is 0.480 e. The third-order valence-corrected chi connectivity index (χ3v) is 12.5. The smallest absolute Gasteiger partial charge is 0.326 e. The third-order valence-electron chi connectivity index (χ3n) is 10.8. The van der Waals surface area contributed by atoms with Crippen LogP contribution in [-0.2, 0) is 27.5 Å². The Morgan fingerprint density at radius 2 is 1.44 bits per heavy atom. The molecule has 0 spiro atoms. The fraction of sp³-hybridized carbons (Fsp3) is 0.522. The summed E-state index contributed by atoms with van der Waals surface area (Å²) >= 11 is 7.35. The molecule has 62 heavy (non-hydrogen) atoms. The molecule has 2 fully saturated rings. The van der Waals surface area contributed by atoms with E-state index in [0.717, 1.165) is 66.1 Å². The Morgan fingerprint density at radius 1 is 0.823 bits per heavy atom. The van der Waals surface area contributed by atoms with Gasteiger partial charge in [-0.1, -0.05) is 24.7 Å². The van der Waals surface area contributed by atoms with E-state index in [1.54, 1.807) is 0 Å². The second-order valence-electron chi connectivity index (χ2n) is 15.6. The average molecular weight is 888 g/mol. The molecule has 4 rings (SSSR count). The van der Waals surface area contributed by atoms with Gasteiger partial charge in [0.25, 0.3) is 0 Å². The molecule has 16 heteroatoms. The molecule has 4 atom stereocenters. The number of nitrogens with zero attached hydrogens (tertiary/aromatic N) is 3. The molecule has 2 aromatic rings. The first-order valence-electron chi connectivity index (χ1n) is 21.8. The highest BCUT2D eigenvalue weighted by molar-refractivity contribution is 8.00. The first kappa shape index (κ1) is 50.2. The number of nitrogens with one attached hydrogen (secondary N) is 6. The van der Waals surface area contributed by atoms with E-state index >= 15 is 0 Å². The van der Waals surface area contributed by atoms with Crippen molar-refractivity contribution in [2.75, 3.05) is 50.3 Å². The standard InChI is InChI=1S/C46H65N9O5S2/c1-5-54(6-2)30-36-28-34(29-37(49-36)31-55(7-3)8-4)21-20-33-22-24-35(25-23-33)50-46(61)48-27-14-9-10-19-42(57)51-38(44(58)59)16-13-15-26-47-41(56)18-12-11-17-40-43-39(32-62-40)52-45(60)53-43/h22-25,28-29,38-40,43H,1-19,26-27,30-32H2,(H,47,56)(H,51,57)(H,58,59)(H2,48,50,61)(H2,52,53,60)/q-4. The topological polar surface area (TPSA) is 180 Å². The highest BCUT2D eigenvalue weighted by Gasteiger charge is 2.42. The number of thiocarbonyl (C=S) groups is 1. The van der Waals surface area contributed by atoms with E-state index in [9.17, 15) is 24.3 Å². The first-order valence-corrected chi connectivity index (χ1v) is 23.2. The fourth-order valence-electron chi connectivity index (χ4n) is 7.22. The van der Waals surface area contributed by atoms with Gasteiger partial charge in [0.05, 0.1) is 23.5 Å². The van der Waals surface area contributed by atoms with Crippen LogP contribution in [0.1, 0.15) is 93.1 Å². The second-order valence-corrected chi connectivity index (χ2v) is 17.3. The Balaban J connectivity index is 1.05. The number of rotatable bonds is 27. The Labute approximate surface area is 378 Å². The molecule has 2 aliphatic heterocycles. The molecule has 4 unspecified atom stereocenters. The number of carbonyl (C=O) groups is 4. The molecule has 0 aliphatic carbocycles. The van der Waals surface area contributed by atoms with Crippen molar-refractivity contribution in [2.45, 2.75) is 107 Å². The monoisotopic (exact) mass is 887 g/mol. The molecule has 3 heterocycles. The summed E-state index contributed by atoms with van der Waals surface area (Å²) in [5.41, 5.74) is 4.41. The maximum Gasteiger partial charge on any atom is 0.326 e. The zero-order chi connectivity index (χ0) is 44.7. The lowest BCUT2D eigenvalue weighted by Gasteiger charge is -2.27. The van der Waals surface area contributed by atoms with E-state index in [1.807, 2.05) is 48.2 Å². The van der Waals surface area contributed by atoms with Gasteiger partial charge < -0.3 is 74.5 Å². The van der Waals surface area contributed by atoms with Crippen molar-refractivity contribution < 1.29 is 24.3 Å². The summed E-state index contributed by atoms with van der Waals surface area (Å²) < 4.78 is 0. The summed E-state index contributed by atoms with van der Waals surface area (Å²) in [5, 5.41) is 28.4. The average Bonchev–Trinajstić information content (AvgIpc) is 3.82. The normalized spacial score (nSPS) is 17.1. The van der Waals surface area contributed by atoms with Crippen LogP contribution in [0.25, 0.3) is 0 Å². The minimum Gasteiger partial charge on any atom is -0.480 e. The quantitative estimate of drug-likeness (QED) is 0.0214. The van der Waals surface area contributed by atoms with Gasteiger partial charge in [-0.25, -0.2) is 9.59 Å². The van der Waals surface area contributed by atoms with E-state index in [4.69, 9.17) is 17.2 Å². The van der Waals surface area contributed by atoms with Crippen LogP contribution in [0.15, 0.2) is 36.4 Å². The van der Waals surface area contributed by atoms with Crippen LogP contribution in [0, 0.1) is 39.5 Å². The number of pyridine rings is 1. The number of fused-ring (bicyclic) bond motifs is 1. The van der Waals surface area contributed by atoms with Gasteiger partial charge in [0.15, 0.2) is 5.11 Å². The predicted octanol–water partition coefficient (Wildman–Crippen LogP) is 4.85. The number of amides is 4. The van der Waals surface area contributed by atoms with Crippen LogP contribution in [0.2, 0.25) is 0 Å². The van der Waals surface area contributed by atoms with Crippen LogP contribution in [0.5, 0.6) is 0 Å². The first-order chi connectivity index (χ1) is 30.0. The summed E-state index contributed by atoms with van der Waals surface area (Å²) in [6, 6.07) is 11.1. The highest BCUT2D eigenvalue weighted by Crippen LogP contribution is 2.33. The summed E-state index contributed by atoms with van der Waals surface area (Å²) in [6.07, 6.45) is 7.02. The molecule has 14 nitrogen and oxygen atoms in total. The molecule has 0 bridgehead atoms. The number of anilines is 1. The third kappa shape index (κ3) is 18.1. The number of carboxylic acids is 1. The molecule has 1 aromatic carbocycles. The van der Waals surface area contributed by atoms with Crippen molar-refractivity contribution in [1.29, 1.82) is 0 Å². The van der Waals surface area contributed by atoms with Gasteiger partial charge in [0.2, 0.25) is 11.8 Å². The van der Waals surface area contributed by atoms with Crippen molar-refractivity contribution in [1.82, 2.24) is 41.4 Å². The van der Waals surface area contributed by atoms with Crippen LogP contribution in [0.3, 0.4) is 0 Å². The minimum absolute atomic E-state index is 0.0153. The van der Waals surface area contributed by atoms with Crippen molar-refractivity contribution >= 4 is 58.6 Å². The van der Waals surface area contributed by atoms with Gasteiger partial charge >= 0.3 is 12.0 Å². The zero-order valence-electron chi connectivity index (χ0n) is 36.0. The molecule has 1 aromatic heterocycles. The second kappa shape index (κ2) is 27.6. The number of hydrogen-bond acceptors (Lipinski definition) is 9. The molecule has 7 N–H and O–H groups in total. The van der Waals surface area contributed by atoms with Crippen molar-refractivity contribution in [3.8, 4) is 11.8 Å². The van der Waals surface area contributed by atoms with Gasteiger partial charge in [0, 0.05) is 66.8 Å². The summed E-state index contributed by atoms with van der Waals surface area (Å²) in [5.74, 6) is 6.12. The van der Waals surface area contributed by atoms with E-state index < -0.39 is 12.0 Å². The summed E-state index contributed by atoms with van der Waals surface area (Å²) in [4.78, 5) is 57.2. The summed E-state index contributed by atoms with van der Waals surface area (Å²) in [7, 11) is 0. The Bertz CT molecular complexity index is 1780. The number of thioether (sulfide) groups is 1. The van der Waals surface area contributed by atoms with Crippen LogP contribution in [-0.4, -0.2) is 117 Å². The maximum absolute atomic E-state index is 12.5. The van der Waals surface area contributed by atoms with E-state index in [-0.39, 0.29) is 36.3 Å². The minimum atomic E-state index is -1.06. The van der Waals surface area contributed by atoms with Gasteiger partial charge in [-0.15, -0.1) is 26.2 Å². The maximum atomic E-state index is 12.5. The fourth-order valence-corrected chi connectivity index (χ4v) is 8.98. The molecule has 0 saturated carbocycles. The number of carboxylic acid groups (broad SMARTS) is 1. The van der Waals surface area contributed by atoms with Gasteiger partial charge in [-0.3, -0.25) is 14.6 Å². The lowest BCUT2D eigenvalue weighted by molar-refractivity contribution is -0.142. The number of urea groups is 1. The number of benzene rings is 1.